The molecule has 4 heterocycles. The zero-order valence-corrected chi connectivity index (χ0v) is 17.4. The quantitative estimate of drug-likeness (QED) is 0.638. The number of piperidine rings is 1. The average molecular weight is 422 g/mol. The topological polar surface area (TPSA) is 103 Å². The highest BCUT2D eigenvalue weighted by molar-refractivity contribution is 7.99. The summed E-state index contributed by atoms with van der Waals surface area (Å²) in [4.78, 5) is 15.5. The molecule has 2 aliphatic heterocycles. The van der Waals surface area contributed by atoms with E-state index in [4.69, 9.17) is 0 Å². The van der Waals surface area contributed by atoms with Gasteiger partial charge in [-0.15, -0.1) is 0 Å². The molecule has 150 valence electrons. The van der Waals surface area contributed by atoms with Crippen molar-refractivity contribution in [2.24, 2.45) is 0 Å². The molecular weight excluding hydrogens is 398 g/mol. The van der Waals surface area contributed by atoms with E-state index < -0.39 is 10.2 Å². The van der Waals surface area contributed by atoms with Gasteiger partial charge in [0.2, 0.25) is 0 Å². The lowest BCUT2D eigenvalue weighted by Gasteiger charge is -2.32. The second-order valence-electron chi connectivity index (χ2n) is 7.09. The lowest BCUT2D eigenvalue weighted by atomic mass is 10.1. The summed E-state index contributed by atoms with van der Waals surface area (Å²) in [5.41, 5.74) is 2.07. The molecular formula is C17H23N7O2S2. The van der Waals surface area contributed by atoms with Gasteiger partial charge in [0, 0.05) is 58.4 Å². The molecule has 28 heavy (non-hydrogen) atoms. The van der Waals surface area contributed by atoms with Gasteiger partial charge in [0.15, 0.2) is 5.82 Å². The van der Waals surface area contributed by atoms with Gasteiger partial charge in [0.05, 0.1) is 5.69 Å². The van der Waals surface area contributed by atoms with Gasteiger partial charge in [0.1, 0.15) is 10.1 Å². The van der Waals surface area contributed by atoms with E-state index in [1.165, 1.54) is 30.2 Å². The van der Waals surface area contributed by atoms with Gasteiger partial charge in [-0.1, -0.05) is 0 Å². The van der Waals surface area contributed by atoms with Crippen LogP contribution in [0, 0.1) is 0 Å². The van der Waals surface area contributed by atoms with Crippen LogP contribution in [0.2, 0.25) is 0 Å². The number of aromatic nitrogens is 3. The Morgan fingerprint density at radius 1 is 1.21 bits per heavy atom. The number of rotatable bonds is 5. The van der Waals surface area contributed by atoms with E-state index in [1.54, 1.807) is 12.4 Å². The van der Waals surface area contributed by atoms with Crippen LogP contribution in [-0.4, -0.2) is 65.8 Å². The van der Waals surface area contributed by atoms with Crippen LogP contribution >= 0.6 is 11.8 Å². The molecule has 0 unspecified atom stereocenters. The first-order valence-electron chi connectivity index (χ1n) is 9.07. The molecule has 1 saturated heterocycles. The third kappa shape index (κ3) is 4.28. The fourth-order valence-corrected chi connectivity index (χ4v) is 4.93. The molecule has 0 saturated carbocycles. The SMILES string of the molecule is CN(C)S(=O)(=O)NC1CCN(Cc2cnc3c(c2)Nc2nccnc2S3)CC1. The highest BCUT2D eigenvalue weighted by Crippen LogP contribution is 2.40. The Labute approximate surface area is 169 Å². The Balaban J connectivity index is 1.35. The summed E-state index contributed by atoms with van der Waals surface area (Å²) in [6, 6.07) is 2.09. The maximum absolute atomic E-state index is 12.0. The number of hydrogen-bond donors (Lipinski definition) is 2. The van der Waals surface area contributed by atoms with E-state index in [9.17, 15) is 8.42 Å². The number of likely N-dealkylation sites (tertiary alicyclic amines) is 1. The second kappa shape index (κ2) is 7.91. The minimum Gasteiger partial charge on any atom is -0.336 e. The monoisotopic (exact) mass is 421 g/mol. The van der Waals surface area contributed by atoms with Crippen LogP contribution in [0.15, 0.2) is 34.7 Å². The number of fused-ring (bicyclic) bond motifs is 2. The molecule has 2 N–H and O–H groups in total. The van der Waals surface area contributed by atoms with Gasteiger partial charge in [-0.25, -0.2) is 15.0 Å². The summed E-state index contributed by atoms with van der Waals surface area (Å²) < 4.78 is 27.9. The zero-order valence-electron chi connectivity index (χ0n) is 15.8. The molecule has 0 aromatic carbocycles. The maximum atomic E-state index is 12.0. The van der Waals surface area contributed by atoms with E-state index in [0.29, 0.717) is 0 Å². The van der Waals surface area contributed by atoms with Crippen molar-refractivity contribution in [3.63, 3.8) is 0 Å². The molecule has 9 nitrogen and oxygen atoms in total. The summed E-state index contributed by atoms with van der Waals surface area (Å²) in [5, 5.41) is 5.03. The predicted octanol–water partition coefficient (Wildman–Crippen LogP) is 1.44. The van der Waals surface area contributed by atoms with Crippen LogP contribution in [0.4, 0.5) is 11.5 Å². The van der Waals surface area contributed by atoms with Crippen LogP contribution in [-0.2, 0) is 16.8 Å². The van der Waals surface area contributed by atoms with Crippen LogP contribution < -0.4 is 10.0 Å². The largest absolute Gasteiger partial charge is 0.336 e. The number of hydrogen-bond acceptors (Lipinski definition) is 8. The van der Waals surface area contributed by atoms with Crippen LogP contribution in [0.1, 0.15) is 18.4 Å². The van der Waals surface area contributed by atoms with Crippen molar-refractivity contribution in [3.05, 3.63) is 30.2 Å². The molecule has 0 spiro atoms. The standard InChI is InChI=1S/C17H23N7O2S2/c1-23(2)28(25,26)22-13-3-7-24(8-4-13)11-12-9-14-16(20-10-12)27-17-15(21-14)18-5-6-19-17/h5-6,9-10,13,22H,3-4,7-8,11H2,1-2H3,(H,18,21). The fourth-order valence-electron chi connectivity index (χ4n) is 3.24. The van der Waals surface area contributed by atoms with Gasteiger partial charge in [0.25, 0.3) is 10.2 Å². The normalized spacial score (nSPS) is 17.8. The third-order valence-electron chi connectivity index (χ3n) is 4.81. The first kappa shape index (κ1) is 19.5. The van der Waals surface area contributed by atoms with E-state index >= 15 is 0 Å². The maximum Gasteiger partial charge on any atom is 0.279 e. The molecule has 0 radical (unpaired) electrons. The number of nitrogens with zero attached hydrogens (tertiary/aromatic N) is 5. The Kier molecular flexibility index (Phi) is 5.52. The lowest BCUT2D eigenvalue weighted by molar-refractivity contribution is 0.199. The summed E-state index contributed by atoms with van der Waals surface area (Å²) in [6.45, 7) is 2.47. The van der Waals surface area contributed by atoms with Crippen LogP contribution in [0.3, 0.4) is 0 Å². The number of pyridine rings is 1. The van der Waals surface area contributed by atoms with Crippen molar-refractivity contribution in [1.82, 2.24) is 28.9 Å². The van der Waals surface area contributed by atoms with E-state index in [-0.39, 0.29) is 6.04 Å². The average Bonchev–Trinajstić information content (AvgIpc) is 2.67. The third-order valence-corrected chi connectivity index (χ3v) is 7.41. The second-order valence-corrected chi connectivity index (χ2v) is 9.98. The van der Waals surface area contributed by atoms with Gasteiger partial charge < -0.3 is 5.32 Å². The number of nitrogens with one attached hydrogen (secondary N) is 2. The van der Waals surface area contributed by atoms with Crippen LogP contribution in [0.5, 0.6) is 0 Å². The smallest absolute Gasteiger partial charge is 0.279 e. The van der Waals surface area contributed by atoms with Crippen molar-refractivity contribution in [3.8, 4) is 0 Å². The van der Waals surface area contributed by atoms with E-state index in [1.807, 2.05) is 6.20 Å². The highest BCUT2D eigenvalue weighted by Gasteiger charge is 2.25. The minimum absolute atomic E-state index is 0.0153. The molecule has 1 fully saturated rings. The molecule has 4 rings (SSSR count). The number of anilines is 2. The zero-order chi connectivity index (χ0) is 19.7. The molecule has 0 bridgehead atoms. The molecule has 0 atom stereocenters. The van der Waals surface area contributed by atoms with Crippen molar-refractivity contribution >= 4 is 33.5 Å². The van der Waals surface area contributed by atoms with Crippen molar-refractivity contribution in [2.45, 2.75) is 35.5 Å². The van der Waals surface area contributed by atoms with Gasteiger partial charge >= 0.3 is 0 Å². The van der Waals surface area contributed by atoms with Gasteiger partial charge in [-0.3, -0.25) is 4.90 Å². The summed E-state index contributed by atoms with van der Waals surface area (Å²) in [7, 11) is -0.299. The first-order chi connectivity index (χ1) is 13.4. The molecule has 2 aliphatic rings. The molecule has 0 amide bonds. The summed E-state index contributed by atoms with van der Waals surface area (Å²) in [6.07, 6.45) is 6.83. The van der Waals surface area contributed by atoms with E-state index in [0.717, 1.165) is 59.6 Å². The molecule has 2 aromatic heterocycles. The van der Waals surface area contributed by atoms with Crippen LogP contribution in [0.25, 0.3) is 0 Å². The Hall–Kier alpha value is -1.79. The Morgan fingerprint density at radius 3 is 2.71 bits per heavy atom. The fraction of sp³-hybridized carbons (Fsp3) is 0.471. The lowest BCUT2D eigenvalue weighted by Crippen LogP contribution is -2.47. The molecule has 11 heteroatoms. The van der Waals surface area contributed by atoms with E-state index in [2.05, 4.69) is 36.0 Å². The van der Waals surface area contributed by atoms with Crippen molar-refractivity contribution in [1.29, 1.82) is 0 Å². The Morgan fingerprint density at radius 2 is 1.96 bits per heavy atom. The summed E-state index contributed by atoms with van der Waals surface area (Å²) >= 11 is 1.52. The predicted molar refractivity (Wildman–Crippen MR) is 108 cm³/mol. The molecule has 2 aromatic rings. The van der Waals surface area contributed by atoms with Gasteiger partial charge in [-0.2, -0.15) is 17.4 Å². The summed E-state index contributed by atoms with van der Waals surface area (Å²) in [5.74, 6) is 0.757. The van der Waals surface area contributed by atoms with Crippen molar-refractivity contribution < 1.29 is 8.42 Å². The minimum atomic E-state index is -3.38. The highest BCUT2D eigenvalue weighted by atomic mass is 32.2. The Bertz CT molecular complexity index is 960. The van der Waals surface area contributed by atoms with Gasteiger partial charge in [-0.05, 0) is 36.2 Å². The van der Waals surface area contributed by atoms with Crippen molar-refractivity contribution in [2.75, 3.05) is 32.5 Å². The molecule has 0 aliphatic carbocycles. The first-order valence-corrected chi connectivity index (χ1v) is 11.3.